The molecule has 5 rings (SSSR count). The van der Waals surface area contributed by atoms with Crippen LogP contribution in [-0.2, 0) is 14.3 Å². The van der Waals surface area contributed by atoms with E-state index in [2.05, 4.69) is 6.92 Å². The first-order chi connectivity index (χ1) is 13.7. The van der Waals surface area contributed by atoms with Gasteiger partial charge in [0, 0.05) is 17.9 Å². The summed E-state index contributed by atoms with van der Waals surface area (Å²) in [5.74, 6) is -0.304. The Labute approximate surface area is 171 Å². The molecule has 6 nitrogen and oxygen atoms in total. The minimum Gasteiger partial charge on any atom is -0.458 e. The maximum absolute atomic E-state index is 12.5. The average Bonchev–Trinajstić information content (AvgIpc) is 3.21. The lowest BCUT2D eigenvalue weighted by molar-refractivity contribution is -0.248. The third-order valence-electron chi connectivity index (χ3n) is 9.85. The van der Waals surface area contributed by atoms with Crippen LogP contribution >= 0.6 is 0 Å². The van der Waals surface area contributed by atoms with Crippen molar-refractivity contribution in [3.63, 3.8) is 0 Å². The first-order valence-electron chi connectivity index (χ1n) is 11.2. The molecule has 0 bridgehead atoms. The quantitative estimate of drug-likeness (QED) is 0.480. The molecular formula is C23H32O6. The van der Waals surface area contributed by atoms with E-state index in [0.29, 0.717) is 38.7 Å². The fraction of sp³-hybridized carbons (Fsp3) is 0.826. The second-order valence-corrected chi connectivity index (χ2v) is 10.6. The number of carbonyl (C=O) groups is 2. The number of cyclic esters (lactones) is 1. The standard InChI is InChI=1S/C23H32O6/c1-20-6-3-17-18(4-8-22(27)11-15(25)2-7-21(17,22)13-24)23(20,28)9-5-16(20)14-10-19(26)29-12-14/h10,13,15-18,25,27-28H,2-9,11-12H2,1H3/t15-,16+,17-,18+,20-,21+,22-,23+/m1/s1. The van der Waals surface area contributed by atoms with E-state index in [0.717, 1.165) is 31.1 Å². The van der Waals surface area contributed by atoms with Crippen LogP contribution in [0.25, 0.3) is 0 Å². The van der Waals surface area contributed by atoms with Gasteiger partial charge in [0.05, 0.1) is 22.7 Å². The number of aliphatic hydroxyl groups is 3. The molecule has 4 aliphatic carbocycles. The molecule has 1 aliphatic heterocycles. The van der Waals surface area contributed by atoms with Crippen molar-refractivity contribution in [2.45, 2.75) is 82.0 Å². The summed E-state index contributed by atoms with van der Waals surface area (Å²) in [6.07, 6.45) is 7.36. The van der Waals surface area contributed by atoms with Crippen LogP contribution in [0, 0.1) is 28.6 Å². The molecule has 0 aromatic heterocycles. The summed E-state index contributed by atoms with van der Waals surface area (Å²) in [5.41, 5.74) is -2.34. The molecule has 0 saturated heterocycles. The van der Waals surface area contributed by atoms with Gasteiger partial charge in [0.2, 0.25) is 0 Å². The highest BCUT2D eigenvalue weighted by atomic mass is 16.5. The summed E-state index contributed by atoms with van der Waals surface area (Å²) < 4.78 is 5.15. The minimum absolute atomic E-state index is 0.0504. The molecule has 0 amide bonds. The van der Waals surface area contributed by atoms with E-state index < -0.39 is 22.7 Å². The van der Waals surface area contributed by atoms with E-state index >= 15 is 0 Å². The van der Waals surface area contributed by atoms with Crippen LogP contribution in [0.4, 0.5) is 0 Å². The monoisotopic (exact) mass is 404 g/mol. The summed E-state index contributed by atoms with van der Waals surface area (Å²) >= 11 is 0. The van der Waals surface area contributed by atoms with Gasteiger partial charge >= 0.3 is 5.97 Å². The second kappa shape index (κ2) is 6.14. The second-order valence-electron chi connectivity index (χ2n) is 10.6. The van der Waals surface area contributed by atoms with Gasteiger partial charge in [0.15, 0.2) is 0 Å². The Morgan fingerprint density at radius 3 is 2.52 bits per heavy atom. The molecule has 0 aromatic rings. The lowest BCUT2D eigenvalue weighted by atomic mass is 9.41. The Kier molecular flexibility index (Phi) is 4.18. The van der Waals surface area contributed by atoms with E-state index in [1.54, 1.807) is 6.08 Å². The predicted molar refractivity (Wildman–Crippen MR) is 104 cm³/mol. The van der Waals surface area contributed by atoms with Gasteiger partial charge in [-0.05, 0) is 74.7 Å². The zero-order valence-corrected chi connectivity index (χ0v) is 17.1. The van der Waals surface area contributed by atoms with Gasteiger partial charge in [-0.25, -0.2) is 4.79 Å². The Hall–Kier alpha value is -1.24. The lowest BCUT2D eigenvalue weighted by Crippen LogP contribution is -2.68. The van der Waals surface area contributed by atoms with Gasteiger partial charge in [-0.1, -0.05) is 6.92 Å². The smallest absolute Gasteiger partial charge is 0.331 e. The average molecular weight is 405 g/mol. The molecule has 6 heteroatoms. The summed E-state index contributed by atoms with van der Waals surface area (Å²) in [6.45, 7) is 2.46. The third-order valence-corrected chi connectivity index (χ3v) is 9.85. The van der Waals surface area contributed by atoms with Crippen LogP contribution in [0.5, 0.6) is 0 Å². The van der Waals surface area contributed by atoms with Crippen molar-refractivity contribution in [2.24, 2.45) is 28.6 Å². The van der Waals surface area contributed by atoms with Crippen LogP contribution in [-0.4, -0.2) is 51.5 Å². The first-order valence-corrected chi connectivity index (χ1v) is 11.2. The molecule has 0 unspecified atom stereocenters. The van der Waals surface area contributed by atoms with Crippen LogP contribution in [0.15, 0.2) is 11.6 Å². The van der Waals surface area contributed by atoms with Gasteiger partial charge in [-0.15, -0.1) is 0 Å². The fourth-order valence-corrected chi connectivity index (χ4v) is 8.34. The van der Waals surface area contributed by atoms with Crippen molar-refractivity contribution in [2.75, 3.05) is 6.61 Å². The number of fused-ring (bicyclic) bond motifs is 5. The Morgan fingerprint density at radius 1 is 1.07 bits per heavy atom. The Morgan fingerprint density at radius 2 is 1.83 bits per heavy atom. The summed E-state index contributed by atoms with van der Waals surface area (Å²) in [7, 11) is 0. The molecule has 0 spiro atoms. The van der Waals surface area contributed by atoms with Crippen molar-refractivity contribution in [3.05, 3.63) is 11.6 Å². The highest BCUT2D eigenvalue weighted by Gasteiger charge is 2.71. The number of hydrogen-bond donors (Lipinski definition) is 3. The molecule has 0 radical (unpaired) electrons. The molecule has 1 heterocycles. The predicted octanol–water partition coefficient (Wildman–Crippen LogP) is 1.90. The third kappa shape index (κ3) is 2.34. The number of carbonyl (C=O) groups excluding carboxylic acids is 2. The van der Waals surface area contributed by atoms with Crippen molar-refractivity contribution in [1.29, 1.82) is 0 Å². The maximum atomic E-state index is 12.5. The van der Waals surface area contributed by atoms with Crippen LogP contribution < -0.4 is 0 Å². The summed E-state index contributed by atoms with van der Waals surface area (Å²) in [5, 5.41) is 33.7. The highest BCUT2D eigenvalue weighted by molar-refractivity contribution is 5.85. The van der Waals surface area contributed by atoms with E-state index in [1.807, 2.05) is 0 Å². The molecule has 29 heavy (non-hydrogen) atoms. The van der Waals surface area contributed by atoms with Gasteiger partial charge < -0.3 is 24.9 Å². The van der Waals surface area contributed by atoms with E-state index in [4.69, 9.17) is 4.74 Å². The largest absolute Gasteiger partial charge is 0.458 e. The number of esters is 1. The summed E-state index contributed by atoms with van der Waals surface area (Å²) in [6, 6.07) is 0. The van der Waals surface area contributed by atoms with E-state index in [9.17, 15) is 24.9 Å². The highest BCUT2D eigenvalue weighted by Crippen LogP contribution is 2.70. The summed E-state index contributed by atoms with van der Waals surface area (Å²) in [4.78, 5) is 24.1. The van der Waals surface area contributed by atoms with Gasteiger partial charge in [-0.2, -0.15) is 0 Å². The topological polar surface area (TPSA) is 104 Å². The van der Waals surface area contributed by atoms with Crippen LogP contribution in [0.3, 0.4) is 0 Å². The van der Waals surface area contributed by atoms with E-state index in [1.165, 1.54) is 0 Å². The molecule has 4 fully saturated rings. The number of aldehydes is 1. The van der Waals surface area contributed by atoms with Crippen LogP contribution in [0.1, 0.15) is 64.7 Å². The fourth-order valence-electron chi connectivity index (χ4n) is 8.34. The van der Waals surface area contributed by atoms with Crippen molar-refractivity contribution < 1.29 is 29.6 Å². The van der Waals surface area contributed by atoms with Crippen molar-refractivity contribution in [1.82, 2.24) is 0 Å². The molecule has 160 valence electrons. The lowest BCUT2D eigenvalue weighted by Gasteiger charge is -2.65. The molecule has 0 aromatic carbocycles. The Balaban J connectivity index is 1.52. The number of rotatable bonds is 2. The van der Waals surface area contributed by atoms with Gasteiger partial charge in [0.1, 0.15) is 12.9 Å². The van der Waals surface area contributed by atoms with Crippen molar-refractivity contribution in [3.8, 4) is 0 Å². The molecular weight excluding hydrogens is 372 g/mol. The van der Waals surface area contributed by atoms with E-state index in [-0.39, 0.29) is 35.6 Å². The Bertz CT molecular complexity index is 777. The van der Waals surface area contributed by atoms with Crippen LogP contribution in [0.2, 0.25) is 0 Å². The SMILES string of the molecule is C[C@]12CC[C@@H]3[C@H](CC[C@@]4(O)C[C@H](O)CC[C@]34C=O)[C@@]1(O)CC[C@H]2C1=CC(=O)OC1. The van der Waals surface area contributed by atoms with Gasteiger partial charge in [-0.3, -0.25) is 0 Å². The zero-order valence-electron chi connectivity index (χ0n) is 17.1. The zero-order chi connectivity index (χ0) is 20.7. The molecule has 3 N–H and O–H groups in total. The first kappa shape index (κ1) is 19.7. The molecule has 4 saturated carbocycles. The van der Waals surface area contributed by atoms with Gasteiger partial charge in [0.25, 0.3) is 0 Å². The number of ether oxygens (including phenoxy) is 1. The number of aliphatic hydroxyl groups excluding tert-OH is 1. The molecule has 8 atom stereocenters. The minimum atomic E-state index is -1.18. The maximum Gasteiger partial charge on any atom is 0.331 e. The van der Waals surface area contributed by atoms with Crippen molar-refractivity contribution >= 4 is 12.3 Å². The molecule has 5 aliphatic rings. The number of hydrogen-bond acceptors (Lipinski definition) is 6. The normalized spacial score (nSPS) is 54.1.